The predicted molar refractivity (Wildman–Crippen MR) is 197 cm³/mol. The summed E-state index contributed by atoms with van der Waals surface area (Å²) < 4.78 is 10.5. The van der Waals surface area contributed by atoms with Gasteiger partial charge in [0.1, 0.15) is 11.9 Å². The van der Waals surface area contributed by atoms with Crippen LogP contribution in [0.2, 0.25) is 0 Å². The zero-order chi connectivity index (χ0) is 36.0. The van der Waals surface area contributed by atoms with Crippen molar-refractivity contribution in [1.29, 1.82) is 0 Å². The molecule has 1 saturated carbocycles. The van der Waals surface area contributed by atoms with Gasteiger partial charge >= 0.3 is 12.1 Å². The molecule has 51 heavy (non-hydrogen) atoms. The van der Waals surface area contributed by atoms with E-state index >= 15 is 0 Å². The molecule has 4 N–H and O–H groups in total. The van der Waals surface area contributed by atoms with Crippen LogP contribution in [0.4, 0.5) is 4.79 Å². The number of esters is 1. The van der Waals surface area contributed by atoms with Crippen molar-refractivity contribution in [2.45, 2.75) is 82.8 Å². The van der Waals surface area contributed by atoms with E-state index in [2.05, 4.69) is 15.6 Å². The Morgan fingerprint density at radius 1 is 0.902 bits per heavy atom. The fourth-order valence-corrected chi connectivity index (χ4v) is 7.86. The van der Waals surface area contributed by atoms with E-state index < -0.39 is 30.1 Å². The third-order valence-corrected chi connectivity index (χ3v) is 10.7. The standard InChI is InChI=1S/C39H49N5O6S/c1-2-49-33(45)26-41-35(34(28-15-8-4-9-16-28)29-17-10-5-11-18-29)38(47)44-23-12-19-31(44)37(46)42-25-30-20-21-32(51-30)36(40)43-39(48)50-24-22-27-13-6-3-7-14-27/h4-5,8-11,15-18,20-21,27,31,34-35,41H,2-3,6-7,12-14,19,22-26H2,1H3,(H,42,46)(H2,40,43,48)/t31-,35+/m0/s1. The minimum Gasteiger partial charge on any atom is -0.465 e. The second-order valence-electron chi connectivity index (χ2n) is 13.0. The fourth-order valence-electron chi connectivity index (χ4n) is 7.01. The van der Waals surface area contributed by atoms with E-state index in [1.165, 1.54) is 43.4 Å². The molecule has 5 rings (SSSR count). The van der Waals surface area contributed by atoms with E-state index in [1.807, 2.05) is 66.7 Å². The molecule has 1 aromatic heterocycles. The van der Waals surface area contributed by atoms with Crippen molar-refractivity contribution in [2.24, 2.45) is 16.6 Å². The van der Waals surface area contributed by atoms with Gasteiger partial charge in [0.2, 0.25) is 11.8 Å². The third kappa shape index (κ3) is 10.7. The number of carbonyl (C=O) groups is 4. The van der Waals surface area contributed by atoms with Gasteiger partial charge in [0, 0.05) is 17.3 Å². The van der Waals surface area contributed by atoms with E-state index in [9.17, 15) is 19.2 Å². The van der Waals surface area contributed by atoms with Crippen LogP contribution in [0.25, 0.3) is 0 Å². The van der Waals surface area contributed by atoms with Crippen LogP contribution in [0.5, 0.6) is 0 Å². The van der Waals surface area contributed by atoms with Crippen LogP contribution >= 0.6 is 11.3 Å². The zero-order valence-corrected chi connectivity index (χ0v) is 30.1. The quantitative estimate of drug-likeness (QED) is 0.106. The zero-order valence-electron chi connectivity index (χ0n) is 29.3. The van der Waals surface area contributed by atoms with Crippen LogP contribution in [0.3, 0.4) is 0 Å². The van der Waals surface area contributed by atoms with Gasteiger partial charge in [-0.25, -0.2) is 4.79 Å². The molecule has 2 fully saturated rings. The van der Waals surface area contributed by atoms with Crippen molar-refractivity contribution in [3.63, 3.8) is 0 Å². The first-order valence-electron chi connectivity index (χ1n) is 18.0. The number of ether oxygens (including phenoxy) is 2. The maximum atomic E-state index is 14.5. The summed E-state index contributed by atoms with van der Waals surface area (Å²) in [7, 11) is 0. The second-order valence-corrected chi connectivity index (χ2v) is 14.2. The molecule has 11 nitrogen and oxygen atoms in total. The van der Waals surface area contributed by atoms with Crippen LogP contribution in [-0.2, 0) is 30.4 Å². The topological polar surface area (TPSA) is 152 Å². The first kappa shape index (κ1) is 37.7. The number of likely N-dealkylation sites (tertiary alicyclic amines) is 1. The van der Waals surface area contributed by atoms with Gasteiger partial charge in [0.15, 0.2) is 0 Å². The van der Waals surface area contributed by atoms with Gasteiger partial charge in [-0.15, -0.1) is 11.3 Å². The Kier molecular flexibility index (Phi) is 14.2. The molecule has 2 aliphatic rings. The molecule has 12 heteroatoms. The van der Waals surface area contributed by atoms with Crippen molar-refractivity contribution < 1.29 is 28.7 Å². The highest BCUT2D eigenvalue weighted by molar-refractivity contribution is 7.14. The van der Waals surface area contributed by atoms with Gasteiger partial charge in [-0.05, 0) is 55.4 Å². The van der Waals surface area contributed by atoms with E-state index in [1.54, 1.807) is 17.9 Å². The molecule has 0 radical (unpaired) electrons. The minimum absolute atomic E-state index is 0.0700. The number of hydrogen-bond acceptors (Lipinski definition) is 8. The summed E-state index contributed by atoms with van der Waals surface area (Å²) >= 11 is 1.33. The Balaban J connectivity index is 1.23. The Hall–Kier alpha value is -4.55. The van der Waals surface area contributed by atoms with E-state index in [0.717, 1.165) is 22.4 Å². The summed E-state index contributed by atoms with van der Waals surface area (Å²) in [6.07, 6.45) is 7.46. The Bertz CT molecular complexity index is 1590. The highest BCUT2D eigenvalue weighted by Crippen LogP contribution is 2.31. The number of hydrogen-bond donors (Lipinski definition) is 3. The van der Waals surface area contributed by atoms with Crippen LogP contribution in [-0.4, -0.2) is 73.0 Å². The first-order chi connectivity index (χ1) is 24.8. The molecule has 1 aliphatic carbocycles. The lowest BCUT2D eigenvalue weighted by molar-refractivity contribution is -0.143. The molecule has 2 aromatic carbocycles. The average Bonchev–Trinajstić information content (AvgIpc) is 3.84. The largest absolute Gasteiger partial charge is 0.465 e. The van der Waals surface area contributed by atoms with E-state index in [-0.39, 0.29) is 37.3 Å². The average molecular weight is 716 g/mol. The number of aliphatic imine (C=N–C) groups is 1. The SMILES string of the molecule is CCOC(=O)CN[C@@H](C(=O)N1CCC[C@H]1C(=O)NCc1ccc(/C(N)=N/C(=O)OCCC2CCCCC2)s1)C(c1ccccc1)c1ccccc1. The number of amides is 3. The van der Waals surface area contributed by atoms with Crippen LogP contribution < -0.4 is 16.4 Å². The molecule has 2 atom stereocenters. The molecular weight excluding hydrogens is 667 g/mol. The van der Waals surface area contributed by atoms with E-state index in [4.69, 9.17) is 15.2 Å². The predicted octanol–water partition coefficient (Wildman–Crippen LogP) is 5.52. The Labute approximate surface area is 304 Å². The Morgan fingerprint density at radius 2 is 1.59 bits per heavy atom. The smallest absolute Gasteiger partial charge is 0.435 e. The number of amidine groups is 1. The maximum Gasteiger partial charge on any atom is 0.435 e. The van der Waals surface area contributed by atoms with Gasteiger partial charge < -0.3 is 25.4 Å². The van der Waals surface area contributed by atoms with Gasteiger partial charge in [-0.2, -0.15) is 4.99 Å². The number of thiophene rings is 1. The van der Waals surface area contributed by atoms with Crippen molar-refractivity contribution >= 4 is 41.0 Å². The molecule has 0 spiro atoms. The molecule has 3 amide bonds. The number of nitrogens with two attached hydrogens (primary N) is 1. The molecule has 0 unspecified atom stereocenters. The third-order valence-electron chi connectivity index (χ3n) is 9.57. The van der Waals surface area contributed by atoms with Gasteiger partial charge in [0.05, 0.1) is 37.2 Å². The maximum absolute atomic E-state index is 14.5. The van der Waals surface area contributed by atoms with Gasteiger partial charge in [0.25, 0.3) is 0 Å². The van der Waals surface area contributed by atoms with Crippen molar-refractivity contribution in [3.05, 3.63) is 93.7 Å². The number of nitrogens with one attached hydrogen (secondary N) is 2. The fraction of sp³-hybridized carbons (Fsp3) is 0.462. The molecular formula is C39H49N5O6S. The monoisotopic (exact) mass is 715 g/mol. The molecule has 272 valence electrons. The molecule has 1 saturated heterocycles. The van der Waals surface area contributed by atoms with Crippen molar-refractivity contribution in [3.8, 4) is 0 Å². The molecule has 2 heterocycles. The van der Waals surface area contributed by atoms with Gasteiger partial charge in [-0.1, -0.05) is 92.8 Å². The van der Waals surface area contributed by atoms with Gasteiger partial charge in [-0.3, -0.25) is 19.7 Å². The van der Waals surface area contributed by atoms with Crippen molar-refractivity contribution in [2.75, 3.05) is 26.3 Å². The van der Waals surface area contributed by atoms with Crippen LogP contribution in [0, 0.1) is 5.92 Å². The van der Waals surface area contributed by atoms with Crippen molar-refractivity contribution in [1.82, 2.24) is 15.5 Å². The Morgan fingerprint density at radius 3 is 2.25 bits per heavy atom. The van der Waals surface area contributed by atoms with Crippen LogP contribution in [0.15, 0.2) is 77.8 Å². The number of carbonyl (C=O) groups excluding carboxylic acids is 4. The lowest BCUT2D eigenvalue weighted by atomic mass is 9.84. The summed E-state index contributed by atoms with van der Waals surface area (Å²) in [6.45, 7) is 2.78. The molecule has 0 bridgehead atoms. The summed E-state index contributed by atoms with van der Waals surface area (Å²) in [5.41, 5.74) is 7.93. The van der Waals surface area contributed by atoms with Crippen LogP contribution in [0.1, 0.15) is 85.1 Å². The minimum atomic E-state index is -0.839. The molecule has 3 aromatic rings. The summed E-state index contributed by atoms with van der Waals surface area (Å²) in [5, 5.41) is 6.18. The lowest BCUT2D eigenvalue weighted by Crippen LogP contribution is -2.55. The summed E-state index contributed by atoms with van der Waals surface area (Å²) in [4.78, 5) is 59.8. The normalized spacial score (nSPS) is 17.3. The highest BCUT2D eigenvalue weighted by atomic mass is 32.1. The number of rotatable bonds is 15. The summed E-state index contributed by atoms with van der Waals surface area (Å²) in [5.74, 6) is -0.738. The lowest BCUT2D eigenvalue weighted by Gasteiger charge is -2.33. The summed E-state index contributed by atoms with van der Waals surface area (Å²) in [6, 6.07) is 21.5. The number of nitrogens with zero attached hydrogens (tertiary/aromatic N) is 2. The second kappa shape index (κ2) is 19.2. The first-order valence-corrected chi connectivity index (χ1v) is 18.8. The number of benzene rings is 2. The van der Waals surface area contributed by atoms with E-state index in [0.29, 0.717) is 36.8 Å². The highest BCUT2D eigenvalue weighted by Gasteiger charge is 2.41. The molecule has 1 aliphatic heterocycles.